The van der Waals surface area contributed by atoms with Crippen LogP contribution < -0.4 is 92.6 Å². The molecule has 1 aliphatic rings. The van der Waals surface area contributed by atoms with Gasteiger partial charge in [-0.15, -0.1) is 0 Å². The normalized spacial score (nSPS) is 12.1. The third-order valence-electron chi connectivity index (χ3n) is 4.71. The molecule has 1 heterocycles. The van der Waals surface area contributed by atoms with E-state index in [2.05, 4.69) is 0 Å². The molecule has 0 amide bonds. The summed E-state index contributed by atoms with van der Waals surface area (Å²) in [6.45, 7) is -0.00734. The molecule has 166 valence electrons. The Morgan fingerprint density at radius 3 is 2.00 bits per heavy atom. The molecule has 2 aromatic rings. The van der Waals surface area contributed by atoms with Gasteiger partial charge in [-0.3, -0.25) is 4.79 Å². The van der Waals surface area contributed by atoms with E-state index < -0.39 is 13.8 Å². The summed E-state index contributed by atoms with van der Waals surface area (Å²) in [6, 6.07) is 6.03. The molecule has 0 aliphatic carbocycles. The molecule has 0 bridgehead atoms. The van der Waals surface area contributed by atoms with Gasteiger partial charge >= 0.3 is 59.1 Å². The first-order valence-corrected chi connectivity index (χ1v) is 10.8. The third kappa shape index (κ3) is 7.01. The SMILES string of the molecule is COc1cc2c(cc1CP(=O)([O-])[O-])C=C(C(=O)c1cc(OC)c(OC)c(OC)c1)CO2.[Na+].[Na+]. The number of Topliss-reactive ketones (excluding diaryl/α,β-unsaturated/α-hetero) is 1. The van der Waals surface area contributed by atoms with E-state index in [1.165, 1.54) is 52.7 Å². The van der Waals surface area contributed by atoms with E-state index in [0.29, 0.717) is 39.7 Å². The van der Waals surface area contributed by atoms with Crippen LogP contribution in [0.15, 0.2) is 29.8 Å². The number of rotatable bonds is 8. The van der Waals surface area contributed by atoms with Crippen LogP contribution in [0.5, 0.6) is 28.7 Å². The molecule has 12 heteroatoms. The number of hydrogen-bond acceptors (Lipinski definition) is 9. The van der Waals surface area contributed by atoms with Gasteiger partial charge in [0.25, 0.3) is 0 Å². The maximum absolute atomic E-state index is 13.1. The Morgan fingerprint density at radius 2 is 1.52 bits per heavy atom. The van der Waals surface area contributed by atoms with Crippen LogP contribution in [0, 0.1) is 0 Å². The minimum absolute atomic E-state index is 0. The Balaban J connectivity index is 0.00000272. The number of carbonyl (C=O) groups is 1. The van der Waals surface area contributed by atoms with Gasteiger partial charge in [0.1, 0.15) is 18.1 Å². The van der Waals surface area contributed by atoms with Crippen molar-refractivity contribution in [3.05, 3.63) is 46.5 Å². The fourth-order valence-corrected chi connectivity index (χ4v) is 3.96. The fourth-order valence-electron chi connectivity index (χ4n) is 3.30. The number of ketones is 1. The first kappa shape index (κ1) is 30.0. The number of benzene rings is 2. The summed E-state index contributed by atoms with van der Waals surface area (Å²) >= 11 is 0. The molecule has 0 saturated carbocycles. The van der Waals surface area contributed by atoms with Gasteiger partial charge in [-0.05, 0) is 29.8 Å². The number of fused-ring (bicyclic) bond motifs is 1. The largest absolute Gasteiger partial charge is 1.00 e. The summed E-state index contributed by atoms with van der Waals surface area (Å²) in [5.74, 6) is 1.32. The van der Waals surface area contributed by atoms with E-state index in [4.69, 9.17) is 23.7 Å². The van der Waals surface area contributed by atoms with Gasteiger partial charge in [0, 0.05) is 28.9 Å². The summed E-state index contributed by atoms with van der Waals surface area (Å²) in [5.41, 5.74) is 1.28. The van der Waals surface area contributed by atoms with Crippen LogP contribution in [0.1, 0.15) is 21.5 Å². The zero-order chi connectivity index (χ0) is 22.8. The smallest absolute Gasteiger partial charge is 0.810 e. The van der Waals surface area contributed by atoms with Crippen LogP contribution >= 0.6 is 7.60 Å². The molecular formula is C21H21Na2O9P. The van der Waals surface area contributed by atoms with E-state index in [-0.39, 0.29) is 82.8 Å². The van der Waals surface area contributed by atoms with Crippen molar-refractivity contribution in [1.82, 2.24) is 0 Å². The summed E-state index contributed by atoms with van der Waals surface area (Å²) in [5, 5.41) is 0. The van der Waals surface area contributed by atoms with Gasteiger partial charge in [-0.1, -0.05) is 7.60 Å². The van der Waals surface area contributed by atoms with Gasteiger partial charge in [-0.25, -0.2) is 0 Å². The van der Waals surface area contributed by atoms with Crippen molar-refractivity contribution in [1.29, 1.82) is 0 Å². The molecule has 0 atom stereocenters. The summed E-state index contributed by atoms with van der Waals surface area (Å²) in [4.78, 5) is 35.6. The maximum Gasteiger partial charge on any atom is 1.00 e. The molecule has 0 N–H and O–H groups in total. The van der Waals surface area contributed by atoms with E-state index in [1.54, 1.807) is 6.08 Å². The van der Waals surface area contributed by atoms with E-state index in [1.807, 2.05) is 0 Å². The number of hydrogen-bond donors (Lipinski definition) is 0. The summed E-state index contributed by atoms with van der Waals surface area (Å²) < 4.78 is 38.0. The first-order chi connectivity index (χ1) is 14.7. The molecule has 2 aromatic carbocycles. The van der Waals surface area contributed by atoms with Crippen LogP contribution in [0.4, 0.5) is 0 Å². The Morgan fingerprint density at radius 1 is 0.939 bits per heavy atom. The number of methoxy groups -OCH3 is 4. The van der Waals surface area contributed by atoms with E-state index in [0.717, 1.165) is 0 Å². The monoisotopic (exact) mass is 494 g/mol. The number of ether oxygens (including phenoxy) is 5. The van der Waals surface area contributed by atoms with E-state index >= 15 is 0 Å². The molecule has 0 fully saturated rings. The molecule has 33 heavy (non-hydrogen) atoms. The van der Waals surface area contributed by atoms with E-state index in [9.17, 15) is 19.1 Å². The Kier molecular flexibility index (Phi) is 11.5. The molecule has 0 spiro atoms. The summed E-state index contributed by atoms with van der Waals surface area (Å²) in [7, 11) is 0.906. The molecule has 0 aromatic heterocycles. The molecule has 1 aliphatic heterocycles. The van der Waals surface area contributed by atoms with Crippen molar-refractivity contribution < 1.29 is 102 Å². The molecule has 9 nitrogen and oxygen atoms in total. The van der Waals surface area contributed by atoms with Gasteiger partial charge in [0.05, 0.1) is 28.4 Å². The molecule has 0 saturated heterocycles. The van der Waals surface area contributed by atoms with Gasteiger partial charge in [0.2, 0.25) is 5.75 Å². The molecular weight excluding hydrogens is 473 g/mol. The molecule has 0 unspecified atom stereocenters. The third-order valence-corrected chi connectivity index (χ3v) is 5.44. The quantitative estimate of drug-likeness (QED) is 0.204. The van der Waals surface area contributed by atoms with Crippen molar-refractivity contribution in [2.24, 2.45) is 0 Å². The average Bonchev–Trinajstić information content (AvgIpc) is 2.75. The average molecular weight is 494 g/mol. The Bertz CT molecular complexity index is 1070. The van der Waals surface area contributed by atoms with Gasteiger partial charge < -0.3 is 38.0 Å². The van der Waals surface area contributed by atoms with Crippen LogP contribution in [-0.2, 0) is 10.7 Å². The topological polar surface area (TPSA) is 126 Å². The molecule has 3 rings (SSSR count). The van der Waals surface area contributed by atoms with Crippen LogP contribution in [0.2, 0.25) is 0 Å². The zero-order valence-corrected chi connectivity index (χ0v) is 24.3. The predicted molar refractivity (Wildman–Crippen MR) is 108 cm³/mol. The number of carbonyl (C=O) groups excluding carboxylic acids is 1. The van der Waals surface area contributed by atoms with Gasteiger partial charge in [-0.2, -0.15) is 0 Å². The van der Waals surface area contributed by atoms with Crippen molar-refractivity contribution in [2.45, 2.75) is 6.16 Å². The first-order valence-electron chi connectivity index (χ1n) is 9.10. The second-order valence-corrected chi connectivity index (χ2v) is 8.21. The second-order valence-electron chi connectivity index (χ2n) is 6.67. The van der Waals surface area contributed by atoms with Crippen molar-refractivity contribution in [2.75, 3.05) is 35.0 Å². The minimum Gasteiger partial charge on any atom is -0.810 e. The van der Waals surface area contributed by atoms with Crippen LogP contribution in [0.3, 0.4) is 0 Å². The van der Waals surface area contributed by atoms with Crippen LogP contribution in [-0.4, -0.2) is 40.8 Å². The standard InChI is InChI=1S/C21H23O9P.2Na/c1-26-16-9-17-12(6-15(16)11-31(23,24)25)5-14(10-30-17)20(22)13-7-18(27-2)21(29-4)19(8-13)28-3;;/h5-9H,10-11H2,1-4H3,(H2,23,24,25);;/q;2*+1/p-2. The second kappa shape index (κ2) is 12.6. The van der Waals surface area contributed by atoms with Crippen molar-refractivity contribution in [3.63, 3.8) is 0 Å². The van der Waals surface area contributed by atoms with Gasteiger partial charge in [0.15, 0.2) is 17.3 Å². The van der Waals surface area contributed by atoms with Crippen LogP contribution in [0.25, 0.3) is 6.08 Å². The predicted octanol–water partition coefficient (Wildman–Crippen LogP) is -4.20. The van der Waals surface area contributed by atoms with Crippen molar-refractivity contribution in [3.8, 4) is 28.7 Å². The maximum atomic E-state index is 13.1. The van der Waals surface area contributed by atoms with Crippen molar-refractivity contribution >= 4 is 19.5 Å². The fraction of sp³-hybridized carbons (Fsp3) is 0.286. The zero-order valence-electron chi connectivity index (χ0n) is 19.4. The Hall–Kier alpha value is -1.00. The molecule has 0 radical (unpaired) electrons. The minimum atomic E-state index is -4.82. The summed E-state index contributed by atoms with van der Waals surface area (Å²) in [6.07, 6.45) is 0.876. The Labute approximate surface area is 236 Å².